The van der Waals surface area contributed by atoms with Gasteiger partial charge in [-0.25, -0.2) is 13.2 Å². The molecule has 1 nitrogen and oxygen atoms in total. The largest absolute Gasteiger partial charge is 0.324 e. The summed E-state index contributed by atoms with van der Waals surface area (Å²) in [4.78, 5) is 0. The van der Waals surface area contributed by atoms with Crippen molar-refractivity contribution in [1.29, 1.82) is 0 Å². The van der Waals surface area contributed by atoms with Crippen molar-refractivity contribution in [2.75, 3.05) is 0 Å². The third-order valence-corrected chi connectivity index (χ3v) is 3.33. The standard InChI is InChI=1S/C12H14F3N/c13-9-6-5-8(10(14)11(9)15)12(16)7-3-1-2-4-7/h5-7,12H,1-4,16H2. The van der Waals surface area contributed by atoms with Crippen molar-refractivity contribution >= 4 is 0 Å². The molecule has 1 aromatic carbocycles. The van der Waals surface area contributed by atoms with E-state index in [1.165, 1.54) is 6.07 Å². The van der Waals surface area contributed by atoms with E-state index in [1.54, 1.807) is 0 Å². The Balaban J connectivity index is 2.29. The maximum Gasteiger partial charge on any atom is 0.194 e. The van der Waals surface area contributed by atoms with Gasteiger partial charge in [0.15, 0.2) is 17.5 Å². The van der Waals surface area contributed by atoms with Gasteiger partial charge in [0.05, 0.1) is 0 Å². The van der Waals surface area contributed by atoms with Crippen LogP contribution in [-0.4, -0.2) is 0 Å². The first-order valence-electron chi connectivity index (χ1n) is 5.50. The van der Waals surface area contributed by atoms with Crippen LogP contribution in [0, 0.1) is 23.4 Å². The molecule has 2 N–H and O–H groups in total. The molecule has 1 aliphatic carbocycles. The highest BCUT2D eigenvalue weighted by Crippen LogP contribution is 2.35. The molecule has 0 aromatic heterocycles. The zero-order valence-electron chi connectivity index (χ0n) is 8.85. The average molecular weight is 229 g/mol. The second-order valence-electron chi connectivity index (χ2n) is 4.33. The minimum Gasteiger partial charge on any atom is -0.324 e. The van der Waals surface area contributed by atoms with Gasteiger partial charge in [0.25, 0.3) is 0 Å². The fourth-order valence-electron chi connectivity index (χ4n) is 2.37. The minimum atomic E-state index is -1.43. The summed E-state index contributed by atoms with van der Waals surface area (Å²) >= 11 is 0. The maximum absolute atomic E-state index is 13.5. The number of rotatable bonds is 2. The molecule has 0 saturated heterocycles. The summed E-state index contributed by atoms with van der Waals surface area (Å²) in [5.74, 6) is -3.55. The third kappa shape index (κ3) is 1.94. The smallest absolute Gasteiger partial charge is 0.194 e. The normalized spacial score (nSPS) is 19.0. The first kappa shape index (κ1) is 11.5. The van der Waals surface area contributed by atoms with E-state index in [-0.39, 0.29) is 11.5 Å². The number of hydrogen-bond acceptors (Lipinski definition) is 1. The van der Waals surface area contributed by atoms with Crippen molar-refractivity contribution in [3.05, 3.63) is 35.1 Å². The van der Waals surface area contributed by atoms with Crippen LogP contribution in [0.1, 0.15) is 37.3 Å². The van der Waals surface area contributed by atoms with Gasteiger partial charge in [0.2, 0.25) is 0 Å². The lowest BCUT2D eigenvalue weighted by molar-refractivity contribution is 0.399. The average Bonchev–Trinajstić information content (AvgIpc) is 2.79. The molecule has 1 saturated carbocycles. The van der Waals surface area contributed by atoms with Crippen LogP contribution in [-0.2, 0) is 0 Å². The van der Waals surface area contributed by atoms with E-state index in [9.17, 15) is 13.2 Å². The third-order valence-electron chi connectivity index (χ3n) is 3.33. The summed E-state index contributed by atoms with van der Waals surface area (Å²) in [5, 5.41) is 0. The Kier molecular flexibility index (Phi) is 3.19. The molecule has 2 rings (SSSR count). The van der Waals surface area contributed by atoms with Crippen molar-refractivity contribution in [1.82, 2.24) is 0 Å². The SMILES string of the molecule is NC(c1ccc(F)c(F)c1F)C1CCCC1. The molecule has 1 atom stereocenters. The van der Waals surface area contributed by atoms with Crippen molar-refractivity contribution in [2.45, 2.75) is 31.7 Å². The first-order valence-corrected chi connectivity index (χ1v) is 5.50. The second-order valence-corrected chi connectivity index (χ2v) is 4.33. The van der Waals surface area contributed by atoms with Crippen LogP contribution in [0.15, 0.2) is 12.1 Å². The molecule has 1 unspecified atom stereocenters. The van der Waals surface area contributed by atoms with Crippen molar-refractivity contribution in [2.24, 2.45) is 11.7 Å². The van der Waals surface area contributed by atoms with E-state index in [4.69, 9.17) is 5.73 Å². The Bertz CT molecular complexity index is 386. The van der Waals surface area contributed by atoms with Crippen LogP contribution in [0.5, 0.6) is 0 Å². The fraction of sp³-hybridized carbons (Fsp3) is 0.500. The Morgan fingerprint density at radius 2 is 1.69 bits per heavy atom. The first-order chi connectivity index (χ1) is 7.61. The minimum absolute atomic E-state index is 0.0887. The number of hydrogen-bond donors (Lipinski definition) is 1. The predicted molar refractivity (Wildman–Crippen MR) is 55.2 cm³/mol. The molecule has 4 heteroatoms. The zero-order chi connectivity index (χ0) is 11.7. The number of nitrogens with two attached hydrogens (primary N) is 1. The van der Waals surface area contributed by atoms with E-state index in [2.05, 4.69) is 0 Å². The Morgan fingerprint density at radius 3 is 2.31 bits per heavy atom. The van der Waals surface area contributed by atoms with Crippen LogP contribution in [0.3, 0.4) is 0 Å². The summed E-state index contributed by atoms with van der Waals surface area (Å²) in [5.41, 5.74) is 5.98. The molecule has 0 heterocycles. The molecular weight excluding hydrogens is 215 g/mol. The molecule has 1 aliphatic rings. The molecular formula is C12H14F3N. The second kappa shape index (κ2) is 4.45. The predicted octanol–water partition coefficient (Wildman–Crippen LogP) is 3.29. The lowest BCUT2D eigenvalue weighted by atomic mass is 9.92. The van der Waals surface area contributed by atoms with Gasteiger partial charge in [0, 0.05) is 11.6 Å². The van der Waals surface area contributed by atoms with Crippen LogP contribution in [0.4, 0.5) is 13.2 Å². The highest BCUT2D eigenvalue weighted by atomic mass is 19.2. The van der Waals surface area contributed by atoms with Gasteiger partial charge >= 0.3 is 0 Å². The maximum atomic E-state index is 13.5. The molecule has 88 valence electrons. The lowest BCUT2D eigenvalue weighted by Crippen LogP contribution is -2.21. The number of benzene rings is 1. The van der Waals surface area contributed by atoms with Gasteiger partial charge in [-0.3, -0.25) is 0 Å². The van der Waals surface area contributed by atoms with Crippen molar-refractivity contribution < 1.29 is 13.2 Å². The van der Waals surface area contributed by atoms with Crippen LogP contribution in [0.25, 0.3) is 0 Å². The molecule has 0 radical (unpaired) electrons. The zero-order valence-corrected chi connectivity index (χ0v) is 8.85. The molecule has 0 bridgehead atoms. The monoisotopic (exact) mass is 229 g/mol. The highest BCUT2D eigenvalue weighted by molar-refractivity contribution is 5.24. The fourth-order valence-corrected chi connectivity index (χ4v) is 2.37. The topological polar surface area (TPSA) is 26.0 Å². The lowest BCUT2D eigenvalue weighted by Gasteiger charge is -2.19. The molecule has 0 amide bonds. The highest BCUT2D eigenvalue weighted by Gasteiger charge is 2.27. The van der Waals surface area contributed by atoms with E-state index in [0.29, 0.717) is 0 Å². The molecule has 1 fully saturated rings. The van der Waals surface area contributed by atoms with Gasteiger partial charge in [-0.05, 0) is 24.8 Å². The molecule has 0 aliphatic heterocycles. The van der Waals surface area contributed by atoms with Gasteiger partial charge < -0.3 is 5.73 Å². The summed E-state index contributed by atoms with van der Waals surface area (Å²) < 4.78 is 39.2. The van der Waals surface area contributed by atoms with E-state index >= 15 is 0 Å². The van der Waals surface area contributed by atoms with Crippen molar-refractivity contribution in [3.8, 4) is 0 Å². The van der Waals surface area contributed by atoms with E-state index in [0.717, 1.165) is 31.7 Å². The summed E-state index contributed by atoms with van der Waals surface area (Å²) in [6.45, 7) is 0. The molecule has 16 heavy (non-hydrogen) atoms. The summed E-state index contributed by atoms with van der Waals surface area (Å²) in [6.07, 6.45) is 4.01. The van der Waals surface area contributed by atoms with Crippen LogP contribution in [0.2, 0.25) is 0 Å². The number of halogens is 3. The van der Waals surface area contributed by atoms with Gasteiger partial charge in [-0.15, -0.1) is 0 Å². The van der Waals surface area contributed by atoms with Crippen LogP contribution >= 0.6 is 0 Å². The molecule has 1 aromatic rings. The Morgan fingerprint density at radius 1 is 1.06 bits per heavy atom. The summed E-state index contributed by atoms with van der Waals surface area (Å²) in [6, 6.07) is 1.65. The van der Waals surface area contributed by atoms with Crippen molar-refractivity contribution in [3.63, 3.8) is 0 Å². The van der Waals surface area contributed by atoms with E-state index < -0.39 is 23.5 Å². The molecule has 0 spiro atoms. The quantitative estimate of drug-likeness (QED) is 0.774. The van der Waals surface area contributed by atoms with Gasteiger partial charge in [-0.2, -0.15) is 0 Å². The Hall–Kier alpha value is -1.03. The van der Waals surface area contributed by atoms with Crippen LogP contribution < -0.4 is 5.73 Å². The van der Waals surface area contributed by atoms with E-state index in [1.807, 2.05) is 0 Å². The van der Waals surface area contributed by atoms with Gasteiger partial charge in [0.1, 0.15) is 0 Å². The summed E-state index contributed by atoms with van der Waals surface area (Å²) in [7, 11) is 0. The van der Waals surface area contributed by atoms with Gasteiger partial charge in [-0.1, -0.05) is 18.9 Å². The Labute approximate surface area is 92.5 Å².